The number of aryl methyl sites for hydroxylation is 1. The third-order valence-corrected chi connectivity index (χ3v) is 10.2. The van der Waals surface area contributed by atoms with Crippen molar-refractivity contribution < 1.29 is 36.9 Å². The lowest BCUT2D eigenvalue weighted by Gasteiger charge is -2.37. The molecule has 2 aliphatic heterocycles. The Morgan fingerprint density at radius 1 is 1.08 bits per heavy atom. The summed E-state index contributed by atoms with van der Waals surface area (Å²) in [5.74, 6) is -0.762. The van der Waals surface area contributed by atoms with Crippen LogP contribution in [0.4, 0.5) is 13.2 Å². The van der Waals surface area contributed by atoms with E-state index in [2.05, 4.69) is 6.92 Å². The number of carbonyl (C=O) groups excluding carboxylic acids is 1. The van der Waals surface area contributed by atoms with Crippen LogP contribution < -0.4 is 9.47 Å². The van der Waals surface area contributed by atoms with E-state index in [1.54, 1.807) is 12.1 Å². The van der Waals surface area contributed by atoms with Crippen LogP contribution in [0.5, 0.6) is 11.5 Å². The molecule has 2 heterocycles. The predicted octanol–water partition coefficient (Wildman–Crippen LogP) is 6.93. The van der Waals surface area contributed by atoms with Crippen LogP contribution in [0.2, 0.25) is 18.1 Å². The maximum absolute atomic E-state index is 14.0. The fourth-order valence-electron chi connectivity index (χ4n) is 5.09. The number of benzene rings is 2. The summed E-state index contributed by atoms with van der Waals surface area (Å²) in [6.07, 6.45) is 2.96. The molecule has 38 heavy (non-hydrogen) atoms. The molecule has 2 aromatic carbocycles. The van der Waals surface area contributed by atoms with Crippen LogP contribution in [0.3, 0.4) is 0 Å². The molecule has 0 bridgehead atoms. The summed E-state index contributed by atoms with van der Waals surface area (Å²) in [6, 6.07) is 14.5. The lowest BCUT2D eigenvalue weighted by atomic mass is 10.00. The predicted molar refractivity (Wildman–Crippen MR) is 140 cm³/mol. The molecule has 207 valence electrons. The minimum Gasteiger partial charge on any atom is -0.485 e. The molecule has 2 fully saturated rings. The first kappa shape index (κ1) is 28.6. The molecule has 2 aromatic rings. The summed E-state index contributed by atoms with van der Waals surface area (Å²) in [6.45, 7) is 2.96. The first-order valence-electron chi connectivity index (χ1n) is 13.5. The first-order chi connectivity index (χ1) is 18.4. The highest BCUT2D eigenvalue weighted by atomic mass is 28.3. The largest absolute Gasteiger partial charge is 0.485 e. The van der Waals surface area contributed by atoms with Gasteiger partial charge in [-0.15, -0.1) is 0 Å². The summed E-state index contributed by atoms with van der Waals surface area (Å²) in [7, 11) is -0.408. The van der Waals surface area contributed by atoms with Crippen molar-refractivity contribution in [3.8, 4) is 11.5 Å². The van der Waals surface area contributed by atoms with E-state index in [-0.39, 0.29) is 17.8 Å². The Kier molecular flexibility index (Phi) is 10.7. The molecular weight excluding hydrogens is 513 g/mol. The number of hydrogen-bond acceptors (Lipinski definition) is 5. The maximum atomic E-state index is 14.0. The molecule has 0 aliphatic carbocycles. The van der Waals surface area contributed by atoms with Crippen molar-refractivity contribution in [2.45, 2.75) is 69.9 Å². The van der Waals surface area contributed by atoms with Crippen LogP contribution >= 0.6 is 0 Å². The fraction of sp³-hybridized carbons (Fsp3) is 0.552. The van der Waals surface area contributed by atoms with Gasteiger partial charge in [0, 0.05) is 26.7 Å². The fourth-order valence-corrected chi connectivity index (χ4v) is 8.04. The van der Waals surface area contributed by atoms with Gasteiger partial charge in [-0.3, -0.25) is 0 Å². The Hall–Kier alpha value is -2.36. The van der Waals surface area contributed by atoms with Crippen molar-refractivity contribution in [3.63, 3.8) is 0 Å². The van der Waals surface area contributed by atoms with E-state index in [9.17, 15) is 18.0 Å². The van der Waals surface area contributed by atoms with Crippen LogP contribution in [-0.2, 0) is 15.9 Å². The highest BCUT2D eigenvalue weighted by molar-refractivity contribution is 6.59. The van der Waals surface area contributed by atoms with E-state index in [0.717, 1.165) is 31.8 Å². The average Bonchev–Trinajstić information content (AvgIpc) is 2.92. The summed E-state index contributed by atoms with van der Waals surface area (Å²) in [4.78, 5) is 12.5. The molecular formula is C29H36F3O5Si. The summed E-state index contributed by atoms with van der Waals surface area (Å²) in [5, 5.41) is 0. The van der Waals surface area contributed by atoms with E-state index in [1.807, 2.05) is 12.1 Å². The Labute approximate surface area is 224 Å². The van der Waals surface area contributed by atoms with Gasteiger partial charge in [0.15, 0.2) is 17.9 Å². The Bertz CT molecular complexity index is 1020. The minimum absolute atomic E-state index is 0.0211. The monoisotopic (exact) mass is 549 g/mol. The van der Waals surface area contributed by atoms with Gasteiger partial charge in [-0.25, -0.2) is 18.0 Å². The van der Waals surface area contributed by atoms with Gasteiger partial charge in [0.1, 0.15) is 12.4 Å². The van der Waals surface area contributed by atoms with Crippen molar-refractivity contribution in [1.82, 2.24) is 0 Å². The van der Waals surface area contributed by atoms with Gasteiger partial charge >= 0.3 is 5.97 Å². The smallest absolute Gasteiger partial charge is 0.343 e. The highest BCUT2D eigenvalue weighted by Gasteiger charge is 2.32. The molecule has 4 rings (SSSR count). The number of ether oxygens (including phenoxy) is 4. The van der Waals surface area contributed by atoms with Crippen LogP contribution in [0.15, 0.2) is 42.5 Å². The van der Waals surface area contributed by atoms with Gasteiger partial charge in [-0.05, 0) is 55.5 Å². The minimum atomic E-state index is -2.71. The molecule has 9 heteroatoms. The molecule has 0 unspecified atom stereocenters. The second-order valence-electron chi connectivity index (χ2n) is 10.2. The number of rotatable bonds is 11. The molecule has 2 aliphatic rings. The molecule has 0 atom stereocenters. The molecule has 1 radical (unpaired) electrons. The van der Waals surface area contributed by atoms with E-state index in [4.69, 9.17) is 18.9 Å². The van der Waals surface area contributed by atoms with Crippen molar-refractivity contribution >= 4 is 14.8 Å². The van der Waals surface area contributed by atoms with Crippen molar-refractivity contribution in [2.75, 3.05) is 19.8 Å². The van der Waals surface area contributed by atoms with E-state index >= 15 is 0 Å². The van der Waals surface area contributed by atoms with E-state index in [0.29, 0.717) is 17.4 Å². The van der Waals surface area contributed by atoms with Gasteiger partial charge in [0.05, 0.1) is 18.8 Å². The molecule has 5 nitrogen and oxygen atoms in total. The lowest BCUT2D eigenvalue weighted by molar-refractivity contribution is -0.226. The second-order valence-corrected chi connectivity index (χ2v) is 13.2. The van der Waals surface area contributed by atoms with E-state index in [1.165, 1.54) is 55.4 Å². The van der Waals surface area contributed by atoms with Gasteiger partial charge in [-0.2, -0.15) is 0 Å². The van der Waals surface area contributed by atoms with Gasteiger partial charge in [-0.1, -0.05) is 43.6 Å². The quantitative estimate of drug-likeness (QED) is 0.173. The maximum Gasteiger partial charge on any atom is 0.343 e. The zero-order valence-corrected chi connectivity index (χ0v) is 22.8. The Balaban J connectivity index is 1.18. The number of carbonyl (C=O) groups is 1. The summed E-state index contributed by atoms with van der Waals surface area (Å²) in [5.41, 5.74) is 1.53. The van der Waals surface area contributed by atoms with Gasteiger partial charge < -0.3 is 18.9 Å². The Morgan fingerprint density at radius 2 is 1.79 bits per heavy atom. The molecule has 0 aromatic heterocycles. The highest BCUT2D eigenvalue weighted by Crippen LogP contribution is 2.34. The molecule has 2 saturated heterocycles. The van der Waals surface area contributed by atoms with Gasteiger partial charge in [0.2, 0.25) is 0 Å². The molecule has 0 spiro atoms. The van der Waals surface area contributed by atoms with Crippen molar-refractivity contribution in [1.29, 1.82) is 0 Å². The molecule has 0 saturated carbocycles. The average molecular weight is 550 g/mol. The second kappa shape index (κ2) is 14.1. The molecule has 0 N–H and O–H groups in total. The van der Waals surface area contributed by atoms with Crippen LogP contribution in [0.1, 0.15) is 48.5 Å². The standard InChI is InChI=1S/C29H36F3O5Si/c1-2-3-21-17-35-29(36-18-21)23-11-14-38(15-12-23)13-10-20-4-6-22(7-5-20)28(33)37-24-8-9-26(25(30)16-24)34-19-27(31)32/h4-9,16,21,23,27,29H,2-3,10-15,17-19H2,1H3. The van der Waals surface area contributed by atoms with Gasteiger partial charge in [0.25, 0.3) is 6.43 Å². The summed E-state index contributed by atoms with van der Waals surface area (Å²) < 4.78 is 60.5. The third-order valence-electron chi connectivity index (χ3n) is 7.25. The van der Waals surface area contributed by atoms with E-state index < -0.39 is 33.6 Å². The van der Waals surface area contributed by atoms with Crippen molar-refractivity contribution in [3.05, 3.63) is 59.4 Å². The lowest BCUT2D eigenvalue weighted by Crippen LogP contribution is -2.39. The molecule has 0 amide bonds. The van der Waals surface area contributed by atoms with Crippen LogP contribution in [0, 0.1) is 17.7 Å². The zero-order chi connectivity index (χ0) is 26.9. The van der Waals surface area contributed by atoms with Crippen LogP contribution in [-0.4, -0.2) is 47.3 Å². The normalized spacial score (nSPS) is 21.0. The van der Waals surface area contributed by atoms with Crippen molar-refractivity contribution in [2.24, 2.45) is 11.8 Å². The SMILES string of the molecule is CCCC1COC(C2CC[Si](CCc3ccc(C(=O)Oc4ccc(OCC(F)F)c(F)c4)cc3)CC2)OC1. The zero-order valence-electron chi connectivity index (χ0n) is 21.8. The Morgan fingerprint density at radius 3 is 2.42 bits per heavy atom. The topological polar surface area (TPSA) is 54.0 Å². The number of halogens is 3. The third kappa shape index (κ3) is 8.32. The summed E-state index contributed by atoms with van der Waals surface area (Å²) >= 11 is 0. The number of hydrogen-bond donors (Lipinski definition) is 0. The number of esters is 1. The number of alkyl halides is 2. The van der Waals surface area contributed by atoms with Crippen LogP contribution in [0.25, 0.3) is 0 Å². The first-order valence-corrected chi connectivity index (χ1v) is 15.6.